The van der Waals surface area contributed by atoms with Gasteiger partial charge in [0.2, 0.25) is 0 Å². The number of nitrogens with one attached hydrogen (secondary N) is 1. The molecule has 0 spiro atoms. The molecule has 1 atom stereocenters. The Morgan fingerprint density at radius 3 is 2.42 bits per heavy atom. The predicted molar refractivity (Wildman–Crippen MR) is 98.0 cm³/mol. The van der Waals surface area contributed by atoms with Crippen LogP contribution in [0, 0.1) is 0 Å². The van der Waals surface area contributed by atoms with Crippen molar-refractivity contribution in [3.8, 4) is 0 Å². The minimum absolute atomic E-state index is 0.185. The molecule has 2 aromatic carbocycles. The first-order chi connectivity index (χ1) is 11.3. The summed E-state index contributed by atoms with van der Waals surface area (Å²) in [6.07, 6.45) is 1.73. The number of carboxylic acid groups (broad SMARTS) is 1. The van der Waals surface area contributed by atoms with E-state index in [1.165, 1.54) is 5.56 Å². The maximum Gasteiger partial charge on any atom is 0.337 e. The first-order valence-electron chi connectivity index (χ1n) is 8.51. The molecule has 0 fully saturated rings. The number of hydrogen-bond acceptors (Lipinski definition) is 2. The topological polar surface area (TPSA) is 49.3 Å². The Labute approximate surface area is 143 Å². The first-order valence-corrected chi connectivity index (χ1v) is 8.51. The van der Waals surface area contributed by atoms with Crippen LogP contribution in [0.5, 0.6) is 0 Å². The number of anilines is 1. The van der Waals surface area contributed by atoms with E-state index in [-0.39, 0.29) is 11.0 Å². The van der Waals surface area contributed by atoms with Crippen LogP contribution in [0.25, 0.3) is 0 Å². The normalized spacial score (nSPS) is 21.7. The third-order valence-electron chi connectivity index (χ3n) is 5.10. The number of aryl methyl sites for hydroxylation is 1. The van der Waals surface area contributed by atoms with E-state index in [0.29, 0.717) is 5.56 Å². The van der Waals surface area contributed by atoms with Crippen LogP contribution in [0.4, 0.5) is 5.69 Å². The molecule has 0 amide bonds. The van der Waals surface area contributed by atoms with Gasteiger partial charge in [-0.15, -0.1) is 0 Å². The molecule has 0 unspecified atom stereocenters. The summed E-state index contributed by atoms with van der Waals surface area (Å²) in [7, 11) is 0. The van der Waals surface area contributed by atoms with E-state index in [0.717, 1.165) is 29.7 Å². The van der Waals surface area contributed by atoms with E-state index in [9.17, 15) is 9.90 Å². The van der Waals surface area contributed by atoms with Gasteiger partial charge in [-0.25, -0.2) is 4.79 Å². The van der Waals surface area contributed by atoms with Crippen molar-refractivity contribution >= 4 is 11.7 Å². The van der Waals surface area contributed by atoms with Crippen molar-refractivity contribution in [3.05, 3.63) is 64.7 Å². The lowest BCUT2D eigenvalue weighted by Gasteiger charge is -2.46. The molecule has 3 heteroatoms. The molecular weight excluding hydrogens is 298 g/mol. The summed E-state index contributed by atoms with van der Waals surface area (Å²) in [4.78, 5) is 11.9. The Hall–Kier alpha value is -2.29. The van der Waals surface area contributed by atoms with E-state index in [1.807, 2.05) is 6.07 Å². The van der Waals surface area contributed by atoms with Crippen molar-refractivity contribution in [1.82, 2.24) is 0 Å². The Bertz CT molecular complexity index is 780. The monoisotopic (exact) mass is 323 g/mol. The molecule has 0 saturated heterocycles. The highest BCUT2D eigenvalue weighted by molar-refractivity contribution is 5.96. The summed E-state index contributed by atoms with van der Waals surface area (Å²) >= 11 is 0. The molecule has 0 radical (unpaired) electrons. The highest BCUT2D eigenvalue weighted by Crippen LogP contribution is 2.48. The van der Waals surface area contributed by atoms with E-state index in [2.05, 4.69) is 63.3 Å². The summed E-state index contributed by atoms with van der Waals surface area (Å²) in [5, 5.41) is 13.2. The Balaban J connectivity index is 2.32. The van der Waals surface area contributed by atoms with Gasteiger partial charge < -0.3 is 10.4 Å². The van der Waals surface area contributed by atoms with E-state index >= 15 is 0 Å². The van der Waals surface area contributed by atoms with Gasteiger partial charge in [-0.2, -0.15) is 0 Å². The molecule has 2 aromatic rings. The van der Waals surface area contributed by atoms with E-state index in [1.54, 1.807) is 6.07 Å². The van der Waals surface area contributed by atoms with Crippen molar-refractivity contribution < 1.29 is 9.90 Å². The molecule has 126 valence electrons. The lowest BCUT2D eigenvalue weighted by atomic mass is 9.65. The van der Waals surface area contributed by atoms with Crippen LogP contribution in [0.2, 0.25) is 0 Å². The van der Waals surface area contributed by atoms with Crippen molar-refractivity contribution in [2.75, 3.05) is 5.32 Å². The van der Waals surface area contributed by atoms with Crippen LogP contribution in [-0.2, 0) is 11.8 Å². The lowest BCUT2D eigenvalue weighted by Crippen LogP contribution is -2.45. The second-order valence-corrected chi connectivity index (χ2v) is 7.61. The van der Waals surface area contributed by atoms with Gasteiger partial charge in [-0.1, -0.05) is 50.2 Å². The van der Waals surface area contributed by atoms with Crippen LogP contribution >= 0.6 is 0 Å². The van der Waals surface area contributed by atoms with Gasteiger partial charge in [0.1, 0.15) is 0 Å². The maximum absolute atomic E-state index is 11.9. The highest BCUT2D eigenvalue weighted by atomic mass is 16.4. The SMILES string of the molecule is CCc1cc(C(=O)O)c2c(c1)[C@](C)(c1ccccc1)CC(C)(C)N2. The zero-order valence-electron chi connectivity index (χ0n) is 14.8. The van der Waals surface area contributed by atoms with Gasteiger partial charge in [0.15, 0.2) is 0 Å². The minimum Gasteiger partial charge on any atom is -0.478 e. The second kappa shape index (κ2) is 5.66. The molecule has 0 saturated carbocycles. The summed E-state index contributed by atoms with van der Waals surface area (Å²) in [5.74, 6) is -0.873. The second-order valence-electron chi connectivity index (χ2n) is 7.61. The molecule has 1 aliphatic heterocycles. The van der Waals surface area contributed by atoms with Gasteiger partial charge in [0.05, 0.1) is 11.3 Å². The lowest BCUT2D eigenvalue weighted by molar-refractivity contribution is 0.0697. The standard InChI is InChI=1S/C21H25NO2/c1-5-14-11-16(19(23)24)18-17(12-14)21(4,13-20(2,3)22-18)15-9-7-6-8-10-15/h6-12,22H,5,13H2,1-4H3,(H,23,24)/t21-/m0/s1. The molecule has 3 nitrogen and oxygen atoms in total. The van der Waals surface area contributed by atoms with E-state index in [4.69, 9.17) is 0 Å². The number of benzene rings is 2. The molecule has 0 aliphatic carbocycles. The number of rotatable bonds is 3. The number of fused-ring (bicyclic) bond motifs is 1. The van der Waals surface area contributed by atoms with Crippen LogP contribution in [-0.4, -0.2) is 16.6 Å². The minimum atomic E-state index is -0.873. The van der Waals surface area contributed by atoms with Gasteiger partial charge >= 0.3 is 5.97 Å². The smallest absolute Gasteiger partial charge is 0.337 e. The molecular formula is C21H25NO2. The van der Waals surface area contributed by atoms with Crippen LogP contribution in [0.3, 0.4) is 0 Å². The fourth-order valence-corrected chi connectivity index (χ4v) is 4.07. The maximum atomic E-state index is 11.9. The van der Waals surface area contributed by atoms with Crippen LogP contribution in [0.15, 0.2) is 42.5 Å². The first kappa shape index (κ1) is 16.6. The fraction of sp³-hybridized carbons (Fsp3) is 0.381. The molecule has 0 bridgehead atoms. The Morgan fingerprint density at radius 1 is 1.17 bits per heavy atom. The molecule has 1 aliphatic rings. The number of hydrogen-bond donors (Lipinski definition) is 2. The molecule has 2 N–H and O–H groups in total. The summed E-state index contributed by atoms with van der Waals surface area (Å²) in [5.41, 5.74) is 4.11. The largest absolute Gasteiger partial charge is 0.478 e. The van der Waals surface area contributed by atoms with Gasteiger partial charge in [0.25, 0.3) is 0 Å². The van der Waals surface area contributed by atoms with Crippen molar-refractivity contribution in [2.45, 2.75) is 51.5 Å². The molecule has 1 heterocycles. The van der Waals surface area contributed by atoms with Crippen molar-refractivity contribution in [1.29, 1.82) is 0 Å². The molecule has 0 aromatic heterocycles. The Morgan fingerprint density at radius 2 is 1.83 bits per heavy atom. The van der Waals surface area contributed by atoms with Crippen LogP contribution in [0.1, 0.15) is 61.2 Å². The Kier molecular flexibility index (Phi) is 3.90. The van der Waals surface area contributed by atoms with Gasteiger partial charge in [-0.3, -0.25) is 0 Å². The van der Waals surface area contributed by atoms with Crippen LogP contribution < -0.4 is 5.32 Å². The molecule has 3 rings (SSSR count). The third kappa shape index (κ3) is 2.68. The number of carboxylic acids is 1. The van der Waals surface area contributed by atoms with Gasteiger partial charge in [-0.05, 0) is 49.4 Å². The predicted octanol–water partition coefficient (Wildman–Crippen LogP) is 4.85. The summed E-state index contributed by atoms with van der Waals surface area (Å²) in [6, 6.07) is 14.4. The quantitative estimate of drug-likeness (QED) is 0.849. The third-order valence-corrected chi connectivity index (χ3v) is 5.10. The number of aromatic carboxylic acids is 1. The zero-order chi connectivity index (χ0) is 17.5. The average molecular weight is 323 g/mol. The van der Waals surface area contributed by atoms with Crippen molar-refractivity contribution in [3.63, 3.8) is 0 Å². The number of carbonyl (C=O) groups is 1. The molecule has 24 heavy (non-hydrogen) atoms. The summed E-state index contributed by atoms with van der Waals surface area (Å²) in [6.45, 7) is 8.56. The average Bonchev–Trinajstić information content (AvgIpc) is 2.54. The summed E-state index contributed by atoms with van der Waals surface area (Å²) < 4.78 is 0. The van der Waals surface area contributed by atoms with E-state index < -0.39 is 5.97 Å². The van der Waals surface area contributed by atoms with Crippen molar-refractivity contribution in [2.24, 2.45) is 0 Å². The zero-order valence-corrected chi connectivity index (χ0v) is 14.8. The van der Waals surface area contributed by atoms with Gasteiger partial charge in [0, 0.05) is 11.0 Å². The highest BCUT2D eigenvalue weighted by Gasteiger charge is 2.43. The fourth-order valence-electron chi connectivity index (χ4n) is 4.07.